The summed E-state index contributed by atoms with van der Waals surface area (Å²) < 4.78 is 41.6. The Labute approximate surface area is 243 Å². The van der Waals surface area contributed by atoms with Crippen LogP contribution in [-0.4, -0.2) is 76.8 Å². The van der Waals surface area contributed by atoms with Gasteiger partial charge in [0.25, 0.3) is 5.91 Å². The molecule has 0 radical (unpaired) electrons. The van der Waals surface area contributed by atoms with Crippen LogP contribution in [-0.2, 0) is 22.2 Å². The topological polar surface area (TPSA) is 134 Å². The number of piperidine rings is 1. The van der Waals surface area contributed by atoms with Crippen LogP contribution in [0.25, 0.3) is 0 Å². The van der Waals surface area contributed by atoms with Crippen LogP contribution in [0.2, 0.25) is 0 Å². The first kappa shape index (κ1) is 31.2. The van der Waals surface area contributed by atoms with Gasteiger partial charge in [-0.05, 0) is 89.3 Å². The maximum Gasteiger partial charge on any atom is 0.419 e. The third-order valence-corrected chi connectivity index (χ3v) is 8.35. The van der Waals surface area contributed by atoms with Gasteiger partial charge in [-0.3, -0.25) is 14.4 Å². The molecule has 0 bridgehead atoms. The summed E-state index contributed by atoms with van der Waals surface area (Å²) in [4.78, 5) is 49.2. The number of nitrogens with two attached hydrogens (primary N) is 1. The Morgan fingerprint density at radius 2 is 1.79 bits per heavy atom. The number of hydrogen-bond donors (Lipinski definition) is 3. The van der Waals surface area contributed by atoms with Gasteiger partial charge in [0.1, 0.15) is 6.04 Å². The zero-order valence-electron chi connectivity index (χ0n) is 24.1. The van der Waals surface area contributed by atoms with Crippen molar-refractivity contribution >= 4 is 29.4 Å². The molecule has 10 nitrogen and oxygen atoms in total. The molecular formula is C29H38F3N7O3. The lowest BCUT2D eigenvalue weighted by atomic mass is 9.89. The minimum atomic E-state index is -4.67. The zero-order valence-corrected chi connectivity index (χ0v) is 24.1. The Morgan fingerprint density at radius 1 is 1.12 bits per heavy atom. The zero-order chi connectivity index (χ0) is 30.6. The summed E-state index contributed by atoms with van der Waals surface area (Å²) in [5.41, 5.74) is 5.09. The van der Waals surface area contributed by atoms with E-state index in [1.165, 1.54) is 6.92 Å². The molecule has 1 aromatic heterocycles. The summed E-state index contributed by atoms with van der Waals surface area (Å²) in [6.07, 6.45) is -0.471. The smallest absolute Gasteiger partial charge is 0.368 e. The molecule has 2 heterocycles. The van der Waals surface area contributed by atoms with E-state index < -0.39 is 35.5 Å². The number of aromatic nitrogens is 2. The Kier molecular flexibility index (Phi) is 9.70. The molecule has 1 aliphatic carbocycles. The van der Waals surface area contributed by atoms with Gasteiger partial charge in [0.05, 0.1) is 11.3 Å². The van der Waals surface area contributed by atoms with Crippen LogP contribution < -0.4 is 16.4 Å². The summed E-state index contributed by atoms with van der Waals surface area (Å²) in [6, 6.07) is 5.94. The molecule has 0 spiro atoms. The number of likely N-dealkylation sites (tertiary alicyclic amines) is 1. The number of halogens is 3. The van der Waals surface area contributed by atoms with E-state index in [-0.39, 0.29) is 35.9 Å². The van der Waals surface area contributed by atoms with Gasteiger partial charge in [0.2, 0.25) is 17.8 Å². The third-order valence-electron chi connectivity index (χ3n) is 8.35. The SMILES string of the molecule is C[C@H](NC(=O)[C@H]1CCC[C@H]1Cc1nc(Nc2ccc(C(=O)N(C)C3CCN(C)CC3)cc2)ncc1C(F)(F)F)C(N)=O. The van der Waals surface area contributed by atoms with E-state index in [0.29, 0.717) is 30.5 Å². The van der Waals surface area contributed by atoms with Crippen LogP contribution in [0.3, 0.4) is 0 Å². The molecule has 4 N–H and O–H groups in total. The second-order valence-corrected chi connectivity index (χ2v) is 11.3. The van der Waals surface area contributed by atoms with Gasteiger partial charge in [0, 0.05) is 36.5 Å². The molecule has 1 aromatic carbocycles. The summed E-state index contributed by atoms with van der Waals surface area (Å²) in [5.74, 6) is -2.16. The largest absolute Gasteiger partial charge is 0.419 e. The first-order valence-electron chi connectivity index (χ1n) is 14.2. The predicted molar refractivity (Wildman–Crippen MR) is 151 cm³/mol. The molecular weight excluding hydrogens is 551 g/mol. The van der Waals surface area contributed by atoms with Crippen molar-refractivity contribution in [1.82, 2.24) is 25.1 Å². The molecule has 228 valence electrons. The lowest BCUT2D eigenvalue weighted by molar-refractivity contribution is -0.138. The van der Waals surface area contributed by atoms with E-state index in [1.807, 2.05) is 0 Å². The molecule has 4 rings (SSSR count). The first-order chi connectivity index (χ1) is 19.8. The number of amides is 3. The van der Waals surface area contributed by atoms with Crippen LogP contribution in [0.5, 0.6) is 0 Å². The number of carbonyl (C=O) groups is 3. The number of alkyl halides is 3. The molecule has 3 amide bonds. The monoisotopic (exact) mass is 589 g/mol. The van der Waals surface area contributed by atoms with Crippen molar-refractivity contribution in [2.75, 3.05) is 32.5 Å². The highest BCUT2D eigenvalue weighted by molar-refractivity contribution is 5.94. The third kappa shape index (κ3) is 7.55. The highest BCUT2D eigenvalue weighted by atomic mass is 19.4. The summed E-state index contributed by atoms with van der Waals surface area (Å²) in [7, 11) is 3.87. The average Bonchev–Trinajstić information content (AvgIpc) is 3.41. The number of anilines is 2. The number of benzene rings is 1. The van der Waals surface area contributed by atoms with E-state index in [2.05, 4.69) is 32.5 Å². The minimum absolute atomic E-state index is 0.0260. The Bertz CT molecular complexity index is 1280. The summed E-state index contributed by atoms with van der Waals surface area (Å²) in [5, 5.41) is 5.49. The van der Waals surface area contributed by atoms with Gasteiger partial charge in [-0.1, -0.05) is 6.42 Å². The van der Waals surface area contributed by atoms with Crippen molar-refractivity contribution in [3.05, 3.63) is 47.3 Å². The van der Waals surface area contributed by atoms with Crippen molar-refractivity contribution in [2.45, 2.75) is 63.7 Å². The Balaban J connectivity index is 1.47. The number of carbonyl (C=O) groups excluding carboxylic acids is 3. The van der Waals surface area contributed by atoms with Gasteiger partial charge >= 0.3 is 6.18 Å². The second kappa shape index (κ2) is 13.1. The van der Waals surface area contributed by atoms with Gasteiger partial charge in [-0.2, -0.15) is 13.2 Å². The fraction of sp³-hybridized carbons (Fsp3) is 0.552. The van der Waals surface area contributed by atoms with E-state index in [1.54, 1.807) is 36.2 Å². The molecule has 1 saturated heterocycles. The van der Waals surface area contributed by atoms with E-state index in [9.17, 15) is 27.6 Å². The number of nitrogens with one attached hydrogen (secondary N) is 2. The molecule has 0 unspecified atom stereocenters. The van der Waals surface area contributed by atoms with Gasteiger partial charge in [0.15, 0.2) is 0 Å². The summed E-state index contributed by atoms with van der Waals surface area (Å²) in [6.45, 7) is 3.33. The van der Waals surface area contributed by atoms with E-state index in [4.69, 9.17) is 5.73 Å². The first-order valence-corrected chi connectivity index (χ1v) is 14.2. The average molecular weight is 590 g/mol. The number of nitrogens with zero attached hydrogens (tertiary/aromatic N) is 4. The lowest BCUT2D eigenvalue weighted by Gasteiger charge is -2.35. The van der Waals surface area contributed by atoms with Gasteiger partial charge in [-0.15, -0.1) is 0 Å². The van der Waals surface area contributed by atoms with Gasteiger partial charge in [-0.25, -0.2) is 9.97 Å². The van der Waals surface area contributed by atoms with Crippen LogP contribution in [0.15, 0.2) is 30.5 Å². The van der Waals surface area contributed by atoms with Crippen LogP contribution in [0, 0.1) is 11.8 Å². The highest BCUT2D eigenvalue weighted by Gasteiger charge is 2.39. The fourth-order valence-electron chi connectivity index (χ4n) is 5.71. The van der Waals surface area contributed by atoms with E-state index in [0.717, 1.165) is 32.1 Å². The number of hydrogen-bond acceptors (Lipinski definition) is 7. The highest BCUT2D eigenvalue weighted by Crippen LogP contribution is 2.38. The summed E-state index contributed by atoms with van der Waals surface area (Å²) >= 11 is 0. The molecule has 2 aromatic rings. The van der Waals surface area contributed by atoms with Crippen molar-refractivity contribution in [2.24, 2.45) is 17.6 Å². The molecule has 3 atom stereocenters. The standard InChI is InChI=1S/C29H38F3N7O3/c1-17(25(33)40)35-26(41)22-6-4-5-19(22)15-24-23(29(30,31)32)16-34-28(37-24)36-20-9-7-18(8-10-20)27(42)39(3)21-11-13-38(2)14-12-21/h7-10,16-17,19,21-22H,4-6,11-15H2,1-3H3,(H2,33,40)(H,35,41)(H,34,36,37)/t17-,19-,22-/m0/s1. The van der Waals surface area contributed by atoms with E-state index >= 15 is 0 Å². The molecule has 1 aliphatic heterocycles. The van der Waals surface area contributed by atoms with Crippen molar-refractivity contribution < 1.29 is 27.6 Å². The van der Waals surface area contributed by atoms with Gasteiger partial charge < -0.3 is 26.2 Å². The van der Waals surface area contributed by atoms with Crippen molar-refractivity contribution in [3.63, 3.8) is 0 Å². The number of rotatable bonds is 9. The quantitative estimate of drug-likeness (QED) is 0.409. The van der Waals surface area contributed by atoms with Crippen LogP contribution >= 0.6 is 0 Å². The predicted octanol–water partition coefficient (Wildman–Crippen LogP) is 3.35. The number of primary amides is 1. The lowest BCUT2D eigenvalue weighted by Crippen LogP contribution is -2.45. The Hall–Kier alpha value is -3.74. The molecule has 42 heavy (non-hydrogen) atoms. The fourth-order valence-corrected chi connectivity index (χ4v) is 5.71. The minimum Gasteiger partial charge on any atom is -0.368 e. The van der Waals surface area contributed by atoms with Crippen molar-refractivity contribution in [3.8, 4) is 0 Å². The Morgan fingerprint density at radius 3 is 2.40 bits per heavy atom. The maximum atomic E-state index is 13.9. The van der Waals surface area contributed by atoms with Crippen LogP contribution in [0.4, 0.5) is 24.8 Å². The maximum absolute atomic E-state index is 13.9. The molecule has 13 heteroatoms. The second-order valence-electron chi connectivity index (χ2n) is 11.3. The van der Waals surface area contributed by atoms with Crippen molar-refractivity contribution in [1.29, 1.82) is 0 Å². The molecule has 2 fully saturated rings. The molecule has 1 saturated carbocycles. The normalized spacial score (nSPS) is 20.6. The molecule has 2 aliphatic rings. The van der Waals surface area contributed by atoms with Crippen LogP contribution in [0.1, 0.15) is 60.6 Å².